The van der Waals surface area contributed by atoms with Gasteiger partial charge in [0.25, 0.3) is 5.69 Å². The van der Waals surface area contributed by atoms with Crippen molar-refractivity contribution in [3.05, 3.63) is 38.3 Å². The minimum atomic E-state index is -0.359. The Morgan fingerprint density at radius 1 is 1.50 bits per heavy atom. The van der Waals surface area contributed by atoms with Crippen molar-refractivity contribution in [2.45, 2.75) is 31.8 Å². The molecule has 0 aromatic heterocycles. The molecule has 0 aliphatic carbocycles. The zero-order valence-electron chi connectivity index (χ0n) is 11.6. The van der Waals surface area contributed by atoms with Crippen LogP contribution in [0.4, 0.5) is 5.69 Å². The summed E-state index contributed by atoms with van der Waals surface area (Å²) in [5.74, 6) is 0. The number of piperidine rings is 1. The van der Waals surface area contributed by atoms with Crippen molar-refractivity contribution in [2.24, 2.45) is 0 Å². The van der Waals surface area contributed by atoms with Gasteiger partial charge < -0.3 is 10.2 Å². The summed E-state index contributed by atoms with van der Waals surface area (Å²) in [6, 6.07) is 5.85. The van der Waals surface area contributed by atoms with Gasteiger partial charge in [-0.1, -0.05) is 12.5 Å². The molecule has 0 bridgehead atoms. The van der Waals surface area contributed by atoms with Gasteiger partial charge in [-0.05, 0) is 54.0 Å². The minimum absolute atomic E-state index is 0.124. The topological polar surface area (TPSA) is 58.4 Å². The lowest BCUT2D eigenvalue weighted by Gasteiger charge is -2.32. The lowest BCUT2D eigenvalue weighted by Crippen LogP contribution is -2.42. The van der Waals surface area contributed by atoms with Gasteiger partial charge in [0.05, 0.1) is 9.40 Å². The van der Waals surface area contributed by atoms with E-state index >= 15 is 0 Å². The Morgan fingerprint density at radius 3 is 3.00 bits per heavy atom. The molecule has 1 heterocycles. The van der Waals surface area contributed by atoms with Crippen LogP contribution in [0.15, 0.2) is 22.7 Å². The summed E-state index contributed by atoms with van der Waals surface area (Å²) < 4.78 is 0.526. The monoisotopic (exact) mass is 341 g/mol. The normalized spacial score (nSPS) is 20.0. The number of nitro benzene ring substituents is 1. The van der Waals surface area contributed by atoms with Crippen molar-refractivity contribution in [3.63, 3.8) is 0 Å². The second-order valence-corrected chi connectivity index (χ2v) is 6.16. The average molecular weight is 342 g/mol. The zero-order chi connectivity index (χ0) is 14.5. The number of nitrogens with zero attached hydrogens (tertiary/aromatic N) is 2. The summed E-state index contributed by atoms with van der Waals surface area (Å²) in [6.07, 6.45) is 3.80. The molecule has 1 unspecified atom stereocenters. The highest BCUT2D eigenvalue weighted by Gasteiger charge is 2.18. The second-order valence-electron chi connectivity index (χ2n) is 5.30. The van der Waals surface area contributed by atoms with E-state index in [1.807, 2.05) is 6.07 Å². The van der Waals surface area contributed by atoms with Gasteiger partial charge in [0.1, 0.15) is 0 Å². The van der Waals surface area contributed by atoms with E-state index < -0.39 is 0 Å². The lowest BCUT2D eigenvalue weighted by atomic mass is 10.0. The highest BCUT2D eigenvalue weighted by molar-refractivity contribution is 9.10. The Bertz CT molecular complexity index is 481. The van der Waals surface area contributed by atoms with Crippen molar-refractivity contribution < 1.29 is 4.92 Å². The molecule has 0 spiro atoms. The maximum atomic E-state index is 10.9. The van der Waals surface area contributed by atoms with Crippen LogP contribution in [0, 0.1) is 10.1 Å². The quantitative estimate of drug-likeness (QED) is 0.660. The molecule has 0 amide bonds. The molecule has 6 heteroatoms. The first-order valence-corrected chi connectivity index (χ1v) is 7.71. The Morgan fingerprint density at radius 2 is 2.30 bits per heavy atom. The van der Waals surface area contributed by atoms with Gasteiger partial charge in [-0.25, -0.2) is 0 Å². The number of benzene rings is 1. The molecule has 1 N–H and O–H groups in total. The van der Waals surface area contributed by atoms with E-state index in [9.17, 15) is 10.1 Å². The molecule has 5 nitrogen and oxygen atoms in total. The number of halogens is 1. The SMILES string of the molecule is CN1CCCCC1CNCc1ccc(Br)c([N+](=O)[O-])c1. The first-order valence-electron chi connectivity index (χ1n) is 6.91. The number of hydrogen-bond acceptors (Lipinski definition) is 4. The fourth-order valence-electron chi connectivity index (χ4n) is 2.59. The Labute approximate surface area is 127 Å². The molecule has 1 aliphatic heterocycles. The first kappa shape index (κ1) is 15.4. The van der Waals surface area contributed by atoms with E-state index in [2.05, 4.69) is 33.2 Å². The first-order chi connectivity index (χ1) is 9.58. The summed E-state index contributed by atoms with van der Waals surface area (Å²) in [7, 11) is 2.16. The van der Waals surface area contributed by atoms with Crippen LogP contribution in [0.1, 0.15) is 24.8 Å². The fraction of sp³-hybridized carbons (Fsp3) is 0.571. The largest absolute Gasteiger partial charge is 0.311 e. The van der Waals surface area contributed by atoms with E-state index in [1.165, 1.54) is 19.3 Å². The van der Waals surface area contributed by atoms with Crippen LogP contribution in [0.2, 0.25) is 0 Å². The van der Waals surface area contributed by atoms with Gasteiger partial charge >= 0.3 is 0 Å². The van der Waals surface area contributed by atoms with Gasteiger partial charge in [0.2, 0.25) is 0 Å². The van der Waals surface area contributed by atoms with Crippen LogP contribution >= 0.6 is 15.9 Å². The maximum Gasteiger partial charge on any atom is 0.283 e. The number of nitrogens with one attached hydrogen (secondary N) is 1. The third-order valence-electron chi connectivity index (χ3n) is 3.84. The minimum Gasteiger partial charge on any atom is -0.311 e. The summed E-state index contributed by atoms with van der Waals surface area (Å²) in [4.78, 5) is 12.9. The summed E-state index contributed by atoms with van der Waals surface area (Å²) in [5, 5.41) is 14.3. The standard InChI is InChI=1S/C14H20BrN3O2/c1-17-7-3-2-4-12(17)10-16-9-11-5-6-13(15)14(8-11)18(19)20/h5-6,8,12,16H,2-4,7,9-10H2,1H3. The van der Waals surface area contributed by atoms with Crippen molar-refractivity contribution >= 4 is 21.6 Å². The molecule has 1 atom stereocenters. The van der Waals surface area contributed by atoms with Gasteiger partial charge in [0.15, 0.2) is 0 Å². The third kappa shape index (κ3) is 4.01. The summed E-state index contributed by atoms with van der Waals surface area (Å²) >= 11 is 3.20. The van der Waals surface area contributed by atoms with E-state index in [4.69, 9.17) is 0 Å². The van der Waals surface area contributed by atoms with Crippen LogP contribution in [-0.4, -0.2) is 36.0 Å². The number of hydrogen-bond donors (Lipinski definition) is 1. The van der Waals surface area contributed by atoms with Crippen LogP contribution in [0.25, 0.3) is 0 Å². The molecule has 2 rings (SSSR count). The van der Waals surface area contributed by atoms with E-state index in [0.717, 1.165) is 18.7 Å². The molecule has 0 radical (unpaired) electrons. The smallest absolute Gasteiger partial charge is 0.283 e. The molecular weight excluding hydrogens is 322 g/mol. The molecule has 1 fully saturated rings. The number of nitro groups is 1. The van der Waals surface area contributed by atoms with Crippen molar-refractivity contribution in [1.82, 2.24) is 10.2 Å². The molecule has 1 aromatic rings. The van der Waals surface area contributed by atoms with E-state index in [1.54, 1.807) is 12.1 Å². The second kappa shape index (κ2) is 7.15. The van der Waals surface area contributed by atoms with Crippen molar-refractivity contribution in [1.29, 1.82) is 0 Å². The van der Waals surface area contributed by atoms with Gasteiger partial charge in [0, 0.05) is 25.2 Å². The third-order valence-corrected chi connectivity index (χ3v) is 4.51. The van der Waals surface area contributed by atoms with Crippen LogP contribution in [0.5, 0.6) is 0 Å². The number of likely N-dealkylation sites (N-methyl/N-ethyl adjacent to an activating group) is 1. The van der Waals surface area contributed by atoms with E-state index in [-0.39, 0.29) is 10.6 Å². The van der Waals surface area contributed by atoms with Gasteiger partial charge in [-0.2, -0.15) is 0 Å². The Hall–Kier alpha value is -0.980. The molecule has 20 heavy (non-hydrogen) atoms. The molecule has 1 aliphatic rings. The summed E-state index contributed by atoms with van der Waals surface area (Å²) in [6.45, 7) is 2.76. The number of likely N-dealkylation sites (tertiary alicyclic amines) is 1. The molecule has 1 saturated heterocycles. The molecular formula is C14H20BrN3O2. The Kier molecular flexibility index (Phi) is 5.51. The fourth-order valence-corrected chi connectivity index (χ4v) is 2.98. The summed E-state index contributed by atoms with van der Waals surface area (Å²) in [5.41, 5.74) is 1.07. The van der Waals surface area contributed by atoms with Gasteiger partial charge in [-0.3, -0.25) is 10.1 Å². The van der Waals surface area contributed by atoms with Crippen LogP contribution in [-0.2, 0) is 6.54 Å². The van der Waals surface area contributed by atoms with Gasteiger partial charge in [-0.15, -0.1) is 0 Å². The maximum absolute atomic E-state index is 10.9. The highest BCUT2D eigenvalue weighted by atomic mass is 79.9. The average Bonchev–Trinajstić information content (AvgIpc) is 2.42. The Balaban J connectivity index is 1.87. The number of rotatable bonds is 5. The molecule has 110 valence electrons. The predicted octanol–water partition coefficient (Wildman–Crippen LogP) is 2.93. The molecule has 1 aromatic carbocycles. The predicted molar refractivity (Wildman–Crippen MR) is 82.8 cm³/mol. The van der Waals surface area contributed by atoms with Crippen LogP contribution in [0.3, 0.4) is 0 Å². The zero-order valence-corrected chi connectivity index (χ0v) is 13.2. The highest BCUT2D eigenvalue weighted by Crippen LogP contribution is 2.25. The van der Waals surface area contributed by atoms with Crippen LogP contribution < -0.4 is 5.32 Å². The lowest BCUT2D eigenvalue weighted by molar-refractivity contribution is -0.385. The van der Waals surface area contributed by atoms with Crippen molar-refractivity contribution in [2.75, 3.05) is 20.1 Å². The van der Waals surface area contributed by atoms with E-state index in [0.29, 0.717) is 17.1 Å². The molecule has 0 saturated carbocycles. The van der Waals surface area contributed by atoms with Crippen molar-refractivity contribution in [3.8, 4) is 0 Å².